The van der Waals surface area contributed by atoms with Gasteiger partial charge in [-0.2, -0.15) is 0 Å². The molecule has 0 spiro atoms. The van der Waals surface area contributed by atoms with Crippen molar-refractivity contribution in [2.75, 3.05) is 13.1 Å². The second-order valence-electron chi connectivity index (χ2n) is 7.45. The molecule has 2 aromatic rings. The van der Waals surface area contributed by atoms with Crippen molar-refractivity contribution in [3.05, 3.63) is 59.9 Å². The van der Waals surface area contributed by atoms with Crippen LogP contribution in [-0.2, 0) is 13.1 Å². The van der Waals surface area contributed by atoms with Crippen LogP contribution < -0.4 is 16.0 Å². The van der Waals surface area contributed by atoms with Crippen molar-refractivity contribution in [3.63, 3.8) is 0 Å². The number of benzene rings is 1. The predicted octanol–water partition coefficient (Wildman–Crippen LogP) is 3.39. The summed E-state index contributed by atoms with van der Waals surface area (Å²) >= 11 is 0. The Morgan fingerprint density at radius 1 is 1.11 bits per heavy atom. The highest BCUT2D eigenvalue weighted by atomic mass is 127. The molecule has 1 amide bonds. The molecule has 1 aromatic heterocycles. The number of hydrogen-bond acceptors (Lipinski definition) is 2. The number of carbonyl (C=O) groups excluding carboxylic acids is 1. The van der Waals surface area contributed by atoms with E-state index in [1.807, 2.05) is 76.5 Å². The lowest BCUT2D eigenvalue weighted by Gasteiger charge is -2.20. The van der Waals surface area contributed by atoms with Crippen LogP contribution in [0.2, 0.25) is 0 Å². The van der Waals surface area contributed by atoms with Crippen LogP contribution in [0.1, 0.15) is 43.6 Å². The topological polar surface area (TPSA) is 70.4 Å². The van der Waals surface area contributed by atoms with Gasteiger partial charge in [-0.15, -0.1) is 24.0 Å². The Morgan fingerprint density at radius 3 is 2.46 bits per heavy atom. The maximum atomic E-state index is 12.3. The molecule has 0 atom stereocenters. The number of hydrogen-bond donors (Lipinski definition) is 3. The van der Waals surface area contributed by atoms with Gasteiger partial charge < -0.3 is 20.5 Å². The van der Waals surface area contributed by atoms with Gasteiger partial charge in [-0.05, 0) is 57.5 Å². The Morgan fingerprint density at radius 2 is 1.82 bits per heavy atom. The van der Waals surface area contributed by atoms with Gasteiger partial charge in [-0.1, -0.05) is 12.1 Å². The number of halogens is 1. The first-order valence-corrected chi connectivity index (χ1v) is 9.42. The van der Waals surface area contributed by atoms with Crippen LogP contribution >= 0.6 is 24.0 Å². The fourth-order valence-electron chi connectivity index (χ4n) is 2.56. The summed E-state index contributed by atoms with van der Waals surface area (Å²) < 4.78 is 2.12. The third-order valence-corrected chi connectivity index (χ3v) is 3.77. The summed E-state index contributed by atoms with van der Waals surface area (Å²) in [6.45, 7) is 10.9. The molecule has 154 valence electrons. The molecule has 0 aliphatic heterocycles. The first kappa shape index (κ1) is 24.0. The molecule has 0 unspecified atom stereocenters. The van der Waals surface area contributed by atoms with Gasteiger partial charge in [0.25, 0.3) is 5.91 Å². The third-order valence-electron chi connectivity index (χ3n) is 3.77. The molecule has 0 aliphatic carbocycles. The van der Waals surface area contributed by atoms with E-state index in [0.29, 0.717) is 12.1 Å². The molecular weight excluding hydrogens is 465 g/mol. The molecule has 7 heteroatoms. The first-order chi connectivity index (χ1) is 12.9. The van der Waals surface area contributed by atoms with Crippen LogP contribution in [0.15, 0.2) is 53.8 Å². The van der Waals surface area contributed by atoms with E-state index >= 15 is 0 Å². The van der Waals surface area contributed by atoms with Crippen LogP contribution in [0.5, 0.6) is 0 Å². The van der Waals surface area contributed by atoms with Crippen molar-refractivity contribution in [3.8, 4) is 0 Å². The highest BCUT2D eigenvalue weighted by Gasteiger charge is 2.15. The smallest absolute Gasteiger partial charge is 0.251 e. The Labute approximate surface area is 185 Å². The zero-order chi connectivity index (χ0) is 19.7. The molecule has 0 saturated heterocycles. The van der Waals surface area contributed by atoms with E-state index in [-0.39, 0.29) is 35.4 Å². The number of rotatable bonds is 7. The minimum atomic E-state index is -0.257. The SMILES string of the molecule is CCNC(=NCc1cccc(C(=O)NC(C)(C)C)c1)NCCn1cccc1.I. The van der Waals surface area contributed by atoms with E-state index < -0.39 is 0 Å². The molecular formula is C21H32IN5O. The number of aromatic nitrogens is 1. The number of nitrogens with one attached hydrogen (secondary N) is 3. The zero-order valence-electron chi connectivity index (χ0n) is 17.2. The average Bonchev–Trinajstić information content (AvgIpc) is 3.12. The molecule has 28 heavy (non-hydrogen) atoms. The van der Waals surface area contributed by atoms with Crippen molar-refractivity contribution in [2.45, 2.75) is 46.3 Å². The molecule has 1 heterocycles. The Kier molecular flexibility index (Phi) is 10.1. The molecule has 0 aliphatic rings. The van der Waals surface area contributed by atoms with Crippen molar-refractivity contribution in [2.24, 2.45) is 4.99 Å². The van der Waals surface area contributed by atoms with Gasteiger partial charge in [-0.3, -0.25) is 4.79 Å². The van der Waals surface area contributed by atoms with Gasteiger partial charge >= 0.3 is 0 Å². The Hall–Kier alpha value is -2.03. The minimum Gasteiger partial charge on any atom is -0.357 e. The largest absolute Gasteiger partial charge is 0.357 e. The fourth-order valence-corrected chi connectivity index (χ4v) is 2.56. The molecule has 0 bridgehead atoms. The average molecular weight is 497 g/mol. The van der Waals surface area contributed by atoms with Gasteiger partial charge in [0.15, 0.2) is 5.96 Å². The van der Waals surface area contributed by atoms with E-state index in [4.69, 9.17) is 0 Å². The summed E-state index contributed by atoms with van der Waals surface area (Å²) in [4.78, 5) is 17.0. The lowest BCUT2D eigenvalue weighted by atomic mass is 10.1. The molecule has 0 saturated carbocycles. The summed E-state index contributed by atoms with van der Waals surface area (Å²) in [5.74, 6) is 0.708. The number of guanidine groups is 1. The van der Waals surface area contributed by atoms with E-state index in [2.05, 4.69) is 25.5 Å². The monoisotopic (exact) mass is 497 g/mol. The number of carbonyl (C=O) groups is 1. The van der Waals surface area contributed by atoms with Crippen LogP contribution in [0, 0.1) is 0 Å². The molecule has 1 aromatic carbocycles. The second kappa shape index (κ2) is 11.7. The van der Waals surface area contributed by atoms with Crippen LogP contribution in [0.4, 0.5) is 0 Å². The summed E-state index contributed by atoms with van der Waals surface area (Å²) in [5, 5.41) is 9.58. The molecule has 0 fully saturated rings. The number of aliphatic imine (C=N–C) groups is 1. The zero-order valence-corrected chi connectivity index (χ0v) is 19.5. The van der Waals surface area contributed by atoms with Gasteiger partial charge in [0, 0.05) is 43.1 Å². The summed E-state index contributed by atoms with van der Waals surface area (Å²) in [6.07, 6.45) is 4.08. The predicted molar refractivity (Wildman–Crippen MR) is 126 cm³/mol. The summed E-state index contributed by atoms with van der Waals surface area (Å²) in [6, 6.07) is 11.6. The number of nitrogens with zero attached hydrogens (tertiary/aromatic N) is 2. The summed E-state index contributed by atoms with van der Waals surface area (Å²) in [5.41, 5.74) is 1.40. The van der Waals surface area contributed by atoms with Crippen LogP contribution in [0.25, 0.3) is 0 Å². The van der Waals surface area contributed by atoms with Crippen LogP contribution in [-0.4, -0.2) is 35.1 Å². The maximum absolute atomic E-state index is 12.3. The fraction of sp³-hybridized carbons (Fsp3) is 0.429. The van der Waals surface area contributed by atoms with Gasteiger partial charge in [0.2, 0.25) is 0 Å². The molecule has 0 radical (unpaired) electrons. The third kappa shape index (κ3) is 8.77. The lowest BCUT2D eigenvalue weighted by molar-refractivity contribution is 0.0919. The van der Waals surface area contributed by atoms with Crippen molar-refractivity contribution < 1.29 is 4.79 Å². The Bertz CT molecular complexity index is 750. The van der Waals surface area contributed by atoms with Gasteiger partial charge in [0.05, 0.1) is 6.54 Å². The first-order valence-electron chi connectivity index (χ1n) is 9.42. The highest BCUT2D eigenvalue weighted by molar-refractivity contribution is 14.0. The normalized spacial score (nSPS) is 11.5. The van der Waals surface area contributed by atoms with E-state index in [1.165, 1.54) is 0 Å². The lowest BCUT2D eigenvalue weighted by Crippen LogP contribution is -2.40. The summed E-state index contributed by atoms with van der Waals surface area (Å²) in [7, 11) is 0. The van der Waals surface area contributed by atoms with E-state index in [0.717, 1.165) is 31.2 Å². The van der Waals surface area contributed by atoms with Crippen LogP contribution in [0.3, 0.4) is 0 Å². The molecule has 2 rings (SSSR count). The second-order valence-corrected chi connectivity index (χ2v) is 7.45. The van der Waals surface area contributed by atoms with Gasteiger partial charge in [-0.25, -0.2) is 4.99 Å². The molecule has 6 nitrogen and oxygen atoms in total. The molecule has 3 N–H and O–H groups in total. The number of amides is 1. The van der Waals surface area contributed by atoms with Crippen molar-refractivity contribution in [1.82, 2.24) is 20.5 Å². The van der Waals surface area contributed by atoms with E-state index in [9.17, 15) is 4.79 Å². The van der Waals surface area contributed by atoms with Crippen molar-refractivity contribution >= 4 is 35.8 Å². The highest BCUT2D eigenvalue weighted by Crippen LogP contribution is 2.09. The van der Waals surface area contributed by atoms with Gasteiger partial charge in [0.1, 0.15) is 0 Å². The minimum absolute atomic E-state index is 0. The maximum Gasteiger partial charge on any atom is 0.251 e. The standard InChI is InChI=1S/C21H31N5O.HI/c1-5-22-20(23-11-14-26-12-6-7-13-26)24-16-17-9-8-10-18(15-17)19(27)25-21(2,3)4;/h6-10,12-13,15H,5,11,14,16H2,1-4H3,(H,25,27)(H2,22,23,24);1H. The van der Waals surface area contributed by atoms with Crippen molar-refractivity contribution in [1.29, 1.82) is 0 Å². The van der Waals surface area contributed by atoms with E-state index in [1.54, 1.807) is 0 Å². The Balaban J connectivity index is 0.00000392. The quantitative estimate of drug-likeness (QED) is 0.312.